The first-order valence-electron chi connectivity index (χ1n) is 8.80. The molecule has 0 atom stereocenters. The molecule has 0 saturated heterocycles. The second-order valence-electron chi connectivity index (χ2n) is 6.42. The zero-order chi connectivity index (χ0) is 20.1. The summed E-state index contributed by atoms with van der Waals surface area (Å²) in [6.07, 6.45) is 4.28. The van der Waals surface area contributed by atoms with Crippen molar-refractivity contribution in [1.82, 2.24) is 9.88 Å². The van der Waals surface area contributed by atoms with Crippen molar-refractivity contribution in [1.29, 1.82) is 0 Å². The van der Waals surface area contributed by atoms with E-state index in [2.05, 4.69) is 9.88 Å². The molecule has 2 aromatic heterocycles. The maximum atomic E-state index is 13.0. The highest BCUT2D eigenvalue weighted by Crippen LogP contribution is 2.38. The molecule has 0 bridgehead atoms. The third-order valence-corrected chi connectivity index (χ3v) is 6.46. The third-order valence-electron chi connectivity index (χ3n) is 4.08. The second-order valence-corrected chi connectivity index (χ2v) is 8.78. The monoisotopic (exact) mass is 435 g/mol. The van der Waals surface area contributed by atoms with Crippen LogP contribution in [-0.4, -0.2) is 50.1 Å². The predicted molar refractivity (Wildman–Crippen MR) is 120 cm³/mol. The molecule has 0 spiro atoms. The van der Waals surface area contributed by atoms with E-state index in [0.717, 1.165) is 22.5 Å². The lowest BCUT2D eigenvalue weighted by Gasteiger charge is -2.19. The number of hydrogen-bond donors (Lipinski definition) is 0. The fraction of sp³-hybridized carbons (Fsp3) is 0.300. The molecular formula is C20H22ClN3O2S2. The molecule has 3 aromatic rings. The Morgan fingerprint density at radius 1 is 1.29 bits per heavy atom. The number of amides is 1. The van der Waals surface area contributed by atoms with Gasteiger partial charge in [0, 0.05) is 17.5 Å². The van der Waals surface area contributed by atoms with Crippen molar-refractivity contribution >= 4 is 61.6 Å². The molecule has 148 valence electrons. The number of methoxy groups -OCH3 is 1. The summed E-state index contributed by atoms with van der Waals surface area (Å²) in [7, 11) is 5.64. The number of rotatable bonds is 8. The molecule has 0 N–H and O–H groups in total. The third kappa shape index (κ3) is 4.91. The number of thiophene rings is 1. The van der Waals surface area contributed by atoms with Gasteiger partial charge in [0.2, 0.25) is 0 Å². The van der Waals surface area contributed by atoms with Gasteiger partial charge in [-0.1, -0.05) is 29.0 Å². The predicted octanol–water partition coefficient (Wildman–Crippen LogP) is 5.02. The number of nitrogens with zero attached hydrogens (tertiary/aromatic N) is 3. The molecule has 1 amide bonds. The number of carbonyl (C=O) groups excluding carboxylic acids is 1. The molecule has 28 heavy (non-hydrogen) atoms. The Bertz CT molecular complexity index is 967. The Labute approximate surface area is 177 Å². The van der Waals surface area contributed by atoms with Crippen molar-refractivity contribution in [2.45, 2.75) is 6.42 Å². The van der Waals surface area contributed by atoms with Gasteiger partial charge >= 0.3 is 0 Å². The summed E-state index contributed by atoms with van der Waals surface area (Å²) in [5.41, 5.74) is 0.683. The number of hydrogen-bond acceptors (Lipinski definition) is 6. The van der Waals surface area contributed by atoms with E-state index in [-0.39, 0.29) is 5.91 Å². The SMILES string of the molecule is COc1ccc(Cl)c2sc(N(CCCN(C)C)C(=O)/C=C/c3cccs3)nc12. The minimum absolute atomic E-state index is 0.0960. The highest BCUT2D eigenvalue weighted by molar-refractivity contribution is 7.23. The van der Waals surface area contributed by atoms with E-state index in [1.807, 2.05) is 37.7 Å². The smallest absolute Gasteiger partial charge is 0.252 e. The van der Waals surface area contributed by atoms with Crippen LogP contribution in [0.3, 0.4) is 0 Å². The molecular weight excluding hydrogens is 414 g/mol. The summed E-state index contributed by atoms with van der Waals surface area (Å²) in [6, 6.07) is 7.53. The summed E-state index contributed by atoms with van der Waals surface area (Å²) in [5.74, 6) is 0.554. The Kier molecular flexibility index (Phi) is 7.07. The van der Waals surface area contributed by atoms with Gasteiger partial charge in [-0.15, -0.1) is 11.3 Å². The van der Waals surface area contributed by atoms with Crippen molar-refractivity contribution in [2.24, 2.45) is 0 Å². The summed E-state index contributed by atoms with van der Waals surface area (Å²) in [6.45, 7) is 1.46. The van der Waals surface area contributed by atoms with Crippen LogP contribution in [0.15, 0.2) is 35.7 Å². The van der Waals surface area contributed by atoms with Crippen molar-refractivity contribution < 1.29 is 9.53 Å². The Balaban J connectivity index is 1.92. The molecule has 0 aliphatic rings. The van der Waals surface area contributed by atoms with Crippen LogP contribution in [0.5, 0.6) is 5.75 Å². The first-order chi connectivity index (χ1) is 13.5. The Morgan fingerprint density at radius 2 is 2.11 bits per heavy atom. The van der Waals surface area contributed by atoms with Gasteiger partial charge in [-0.3, -0.25) is 9.69 Å². The lowest BCUT2D eigenvalue weighted by Crippen LogP contribution is -2.32. The second kappa shape index (κ2) is 9.52. The zero-order valence-electron chi connectivity index (χ0n) is 16.0. The molecule has 0 fully saturated rings. The molecule has 0 aliphatic carbocycles. The van der Waals surface area contributed by atoms with Crippen LogP contribution in [-0.2, 0) is 4.79 Å². The minimum Gasteiger partial charge on any atom is -0.494 e. The van der Waals surface area contributed by atoms with Crippen LogP contribution in [0.2, 0.25) is 5.02 Å². The van der Waals surface area contributed by atoms with Crippen molar-refractivity contribution in [3.05, 3.63) is 45.6 Å². The summed E-state index contributed by atoms with van der Waals surface area (Å²) in [5, 5.41) is 3.22. The summed E-state index contributed by atoms with van der Waals surface area (Å²) >= 11 is 9.35. The Morgan fingerprint density at radius 3 is 2.79 bits per heavy atom. The van der Waals surface area contributed by atoms with E-state index < -0.39 is 0 Å². The largest absolute Gasteiger partial charge is 0.494 e. The molecule has 5 nitrogen and oxygen atoms in total. The zero-order valence-corrected chi connectivity index (χ0v) is 18.4. The topological polar surface area (TPSA) is 45.7 Å². The number of ether oxygens (including phenoxy) is 1. The van der Waals surface area contributed by atoms with Crippen LogP contribution < -0.4 is 9.64 Å². The summed E-state index contributed by atoms with van der Waals surface area (Å²) in [4.78, 5) is 22.5. The number of anilines is 1. The molecule has 0 radical (unpaired) electrons. The number of aromatic nitrogens is 1. The highest BCUT2D eigenvalue weighted by atomic mass is 35.5. The van der Waals surface area contributed by atoms with E-state index in [1.54, 1.807) is 41.6 Å². The number of fused-ring (bicyclic) bond motifs is 1. The first-order valence-corrected chi connectivity index (χ1v) is 10.9. The highest BCUT2D eigenvalue weighted by Gasteiger charge is 2.20. The quantitative estimate of drug-likeness (QED) is 0.466. The van der Waals surface area contributed by atoms with Crippen molar-refractivity contribution in [2.75, 3.05) is 39.2 Å². The van der Waals surface area contributed by atoms with E-state index >= 15 is 0 Å². The van der Waals surface area contributed by atoms with Gasteiger partial charge in [-0.05, 0) is 56.7 Å². The molecule has 0 saturated carbocycles. The molecule has 8 heteroatoms. The van der Waals surface area contributed by atoms with Crippen molar-refractivity contribution in [3.63, 3.8) is 0 Å². The van der Waals surface area contributed by atoms with E-state index in [4.69, 9.17) is 16.3 Å². The van der Waals surface area contributed by atoms with Crippen LogP contribution in [0.4, 0.5) is 5.13 Å². The number of carbonyl (C=O) groups is 1. The molecule has 2 heterocycles. The number of benzene rings is 1. The maximum absolute atomic E-state index is 13.0. The first kappa shape index (κ1) is 20.8. The van der Waals surface area contributed by atoms with Gasteiger partial charge in [-0.2, -0.15) is 0 Å². The van der Waals surface area contributed by atoms with Gasteiger partial charge in [0.1, 0.15) is 11.3 Å². The van der Waals surface area contributed by atoms with Crippen LogP contribution >= 0.6 is 34.3 Å². The Hall–Kier alpha value is -1.93. The van der Waals surface area contributed by atoms with E-state index in [0.29, 0.717) is 28.0 Å². The lowest BCUT2D eigenvalue weighted by atomic mass is 10.3. The number of halogens is 1. The van der Waals surface area contributed by atoms with Gasteiger partial charge in [0.25, 0.3) is 5.91 Å². The fourth-order valence-corrected chi connectivity index (χ4v) is 4.60. The molecule has 1 aromatic carbocycles. The number of thiazole rings is 1. The van der Waals surface area contributed by atoms with Crippen LogP contribution in [0.1, 0.15) is 11.3 Å². The normalized spacial score (nSPS) is 11.6. The van der Waals surface area contributed by atoms with E-state index in [9.17, 15) is 4.79 Å². The lowest BCUT2D eigenvalue weighted by molar-refractivity contribution is -0.114. The minimum atomic E-state index is -0.0960. The standard InChI is InChI=1S/C20H22ClN3O2S2/c1-23(2)11-5-12-24(17(25)10-7-14-6-4-13-27-14)20-22-18-16(26-3)9-8-15(21)19(18)28-20/h4,6-10,13H,5,11-12H2,1-3H3/b10-7+. The van der Waals surface area contributed by atoms with Gasteiger partial charge < -0.3 is 9.64 Å². The van der Waals surface area contributed by atoms with Crippen molar-refractivity contribution in [3.8, 4) is 5.75 Å². The average Bonchev–Trinajstić information content (AvgIpc) is 3.33. The molecule has 0 unspecified atom stereocenters. The average molecular weight is 436 g/mol. The van der Waals surface area contributed by atoms with Gasteiger partial charge in [-0.25, -0.2) is 4.98 Å². The van der Waals surface area contributed by atoms with E-state index in [1.165, 1.54) is 11.3 Å². The maximum Gasteiger partial charge on any atom is 0.252 e. The summed E-state index contributed by atoms with van der Waals surface area (Å²) < 4.78 is 6.23. The van der Waals surface area contributed by atoms with Gasteiger partial charge in [0.15, 0.2) is 5.13 Å². The molecule has 3 rings (SSSR count). The molecule has 0 aliphatic heterocycles. The van der Waals surface area contributed by atoms with Crippen LogP contribution in [0.25, 0.3) is 16.3 Å². The van der Waals surface area contributed by atoms with Crippen LogP contribution in [0, 0.1) is 0 Å². The fourth-order valence-electron chi connectivity index (χ4n) is 2.70. The van der Waals surface area contributed by atoms with Gasteiger partial charge in [0.05, 0.1) is 16.8 Å².